The highest BCUT2D eigenvalue weighted by Gasteiger charge is 2.20. The summed E-state index contributed by atoms with van der Waals surface area (Å²) in [6.45, 7) is 3.76. The molecule has 6 nitrogen and oxygen atoms in total. The van der Waals surface area contributed by atoms with Gasteiger partial charge in [-0.15, -0.1) is 0 Å². The SMILES string of the molecule is CC(C)(N)C(=O)NCCc1ncon1. The molecular formula is C8H14N4O2. The van der Waals surface area contributed by atoms with Gasteiger partial charge in [-0.25, -0.2) is 0 Å². The predicted molar refractivity (Wildman–Crippen MR) is 49.3 cm³/mol. The molecule has 0 spiro atoms. The van der Waals surface area contributed by atoms with Crippen LogP contribution in [0.5, 0.6) is 0 Å². The minimum absolute atomic E-state index is 0.194. The van der Waals surface area contributed by atoms with Gasteiger partial charge in [-0.3, -0.25) is 4.79 Å². The second kappa shape index (κ2) is 4.19. The Morgan fingerprint density at radius 1 is 1.71 bits per heavy atom. The molecule has 78 valence electrons. The van der Waals surface area contributed by atoms with Crippen LogP contribution in [0.4, 0.5) is 0 Å². The van der Waals surface area contributed by atoms with E-state index in [2.05, 4.69) is 20.0 Å². The molecular weight excluding hydrogens is 184 g/mol. The third kappa shape index (κ3) is 3.14. The number of hydrogen-bond donors (Lipinski definition) is 2. The first-order valence-electron chi connectivity index (χ1n) is 4.32. The fourth-order valence-electron chi connectivity index (χ4n) is 0.818. The van der Waals surface area contributed by atoms with Crippen LogP contribution in [-0.2, 0) is 11.2 Å². The van der Waals surface area contributed by atoms with Gasteiger partial charge >= 0.3 is 0 Å². The minimum Gasteiger partial charge on any atom is -0.354 e. The molecule has 0 saturated carbocycles. The van der Waals surface area contributed by atoms with E-state index >= 15 is 0 Å². The van der Waals surface area contributed by atoms with E-state index in [0.29, 0.717) is 18.8 Å². The summed E-state index contributed by atoms with van der Waals surface area (Å²) in [4.78, 5) is 15.1. The molecule has 0 bridgehead atoms. The molecule has 6 heteroatoms. The van der Waals surface area contributed by atoms with Crippen molar-refractivity contribution in [2.75, 3.05) is 6.54 Å². The van der Waals surface area contributed by atoms with Crippen molar-refractivity contribution in [3.8, 4) is 0 Å². The standard InChI is InChI=1S/C8H14N4O2/c1-8(2,9)7(13)10-4-3-6-11-5-14-12-6/h5H,3-4,9H2,1-2H3,(H,10,13). The molecule has 0 saturated heterocycles. The molecule has 0 aliphatic carbocycles. The Bertz CT molecular complexity index is 289. The highest BCUT2D eigenvalue weighted by Crippen LogP contribution is 1.95. The third-order valence-corrected chi connectivity index (χ3v) is 1.63. The number of aromatic nitrogens is 2. The number of amides is 1. The summed E-state index contributed by atoms with van der Waals surface area (Å²) in [5, 5.41) is 6.28. The zero-order valence-electron chi connectivity index (χ0n) is 8.28. The zero-order valence-corrected chi connectivity index (χ0v) is 8.28. The largest absolute Gasteiger partial charge is 0.354 e. The van der Waals surface area contributed by atoms with Gasteiger partial charge in [-0.2, -0.15) is 4.98 Å². The van der Waals surface area contributed by atoms with Gasteiger partial charge < -0.3 is 15.6 Å². The number of carbonyl (C=O) groups excluding carboxylic acids is 1. The number of nitrogens with zero attached hydrogens (tertiary/aromatic N) is 2. The molecule has 0 atom stereocenters. The summed E-state index contributed by atoms with van der Waals surface area (Å²) in [6, 6.07) is 0. The molecule has 0 aromatic carbocycles. The lowest BCUT2D eigenvalue weighted by atomic mass is 10.1. The van der Waals surface area contributed by atoms with Crippen molar-refractivity contribution < 1.29 is 9.32 Å². The molecule has 0 aliphatic heterocycles. The molecule has 0 aliphatic rings. The van der Waals surface area contributed by atoms with Crippen LogP contribution in [0.15, 0.2) is 10.9 Å². The second-order valence-corrected chi connectivity index (χ2v) is 3.58. The maximum Gasteiger partial charge on any atom is 0.239 e. The average Bonchev–Trinajstić information content (AvgIpc) is 2.55. The number of hydrogen-bond acceptors (Lipinski definition) is 5. The highest BCUT2D eigenvalue weighted by atomic mass is 16.5. The molecule has 1 rings (SSSR count). The number of nitrogens with two attached hydrogens (primary N) is 1. The Hall–Kier alpha value is -1.43. The lowest BCUT2D eigenvalue weighted by Crippen LogP contribution is -2.49. The summed E-state index contributed by atoms with van der Waals surface area (Å²) in [5.74, 6) is 0.376. The summed E-state index contributed by atoms with van der Waals surface area (Å²) < 4.78 is 4.54. The van der Waals surface area contributed by atoms with Crippen molar-refractivity contribution >= 4 is 5.91 Å². The topological polar surface area (TPSA) is 94.0 Å². The monoisotopic (exact) mass is 198 g/mol. The van der Waals surface area contributed by atoms with Gasteiger partial charge in [0, 0.05) is 13.0 Å². The van der Waals surface area contributed by atoms with Crippen molar-refractivity contribution in [1.82, 2.24) is 15.5 Å². The van der Waals surface area contributed by atoms with E-state index < -0.39 is 5.54 Å². The summed E-state index contributed by atoms with van der Waals surface area (Å²) in [6.07, 6.45) is 1.79. The molecule has 3 N–H and O–H groups in total. The smallest absolute Gasteiger partial charge is 0.239 e. The first kappa shape index (κ1) is 10.6. The minimum atomic E-state index is -0.850. The first-order valence-corrected chi connectivity index (χ1v) is 4.32. The van der Waals surface area contributed by atoms with E-state index in [1.54, 1.807) is 13.8 Å². The second-order valence-electron chi connectivity index (χ2n) is 3.58. The van der Waals surface area contributed by atoms with Gasteiger partial charge in [0.15, 0.2) is 5.82 Å². The van der Waals surface area contributed by atoms with Gasteiger partial charge in [0.2, 0.25) is 12.3 Å². The van der Waals surface area contributed by atoms with Gasteiger partial charge in [-0.05, 0) is 13.8 Å². The van der Waals surface area contributed by atoms with Crippen LogP contribution in [0, 0.1) is 0 Å². The fourth-order valence-corrected chi connectivity index (χ4v) is 0.818. The Morgan fingerprint density at radius 3 is 2.93 bits per heavy atom. The molecule has 0 radical (unpaired) electrons. The number of rotatable bonds is 4. The summed E-state index contributed by atoms with van der Waals surface area (Å²) >= 11 is 0. The highest BCUT2D eigenvalue weighted by molar-refractivity contribution is 5.84. The molecule has 0 fully saturated rings. The number of carbonyl (C=O) groups is 1. The fraction of sp³-hybridized carbons (Fsp3) is 0.625. The quantitative estimate of drug-likeness (QED) is 0.678. The molecule has 1 amide bonds. The van der Waals surface area contributed by atoms with Crippen LogP contribution < -0.4 is 11.1 Å². The van der Waals surface area contributed by atoms with Crippen LogP contribution in [0.1, 0.15) is 19.7 Å². The average molecular weight is 198 g/mol. The van der Waals surface area contributed by atoms with Gasteiger partial charge in [0.25, 0.3) is 0 Å². The van der Waals surface area contributed by atoms with Crippen LogP contribution in [0.25, 0.3) is 0 Å². The van der Waals surface area contributed by atoms with Crippen molar-refractivity contribution in [2.24, 2.45) is 5.73 Å². The molecule has 0 unspecified atom stereocenters. The molecule has 1 aromatic heterocycles. The third-order valence-electron chi connectivity index (χ3n) is 1.63. The molecule has 1 heterocycles. The van der Waals surface area contributed by atoms with Crippen LogP contribution in [0.3, 0.4) is 0 Å². The Balaban J connectivity index is 2.26. The first-order chi connectivity index (χ1) is 6.50. The van der Waals surface area contributed by atoms with Crippen molar-refractivity contribution in [1.29, 1.82) is 0 Å². The van der Waals surface area contributed by atoms with Gasteiger partial charge in [0.05, 0.1) is 5.54 Å². The predicted octanol–water partition coefficient (Wildman–Crippen LogP) is -0.534. The van der Waals surface area contributed by atoms with Crippen LogP contribution in [-0.4, -0.2) is 28.1 Å². The lowest BCUT2D eigenvalue weighted by molar-refractivity contribution is -0.125. The van der Waals surface area contributed by atoms with E-state index in [0.717, 1.165) is 0 Å². The van der Waals surface area contributed by atoms with Crippen molar-refractivity contribution in [2.45, 2.75) is 25.8 Å². The Kier molecular flexibility index (Phi) is 3.19. The van der Waals surface area contributed by atoms with Crippen LogP contribution >= 0.6 is 0 Å². The maximum atomic E-state index is 11.3. The van der Waals surface area contributed by atoms with Crippen molar-refractivity contribution in [3.63, 3.8) is 0 Å². The van der Waals surface area contributed by atoms with Gasteiger partial charge in [-0.1, -0.05) is 5.16 Å². The van der Waals surface area contributed by atoms with E-state index in [-0.39, 0.29) is 5.91 Å². The zero-order chi connectivity index (χ0) is 10.6. The summed E-state index contributed by atoms with van der Waals surface area (Å²) in [7, 11) is 0. The number of nitrogens with one attached hydrogen (secondary N) is 1. The lowest BCUT2D eigenvalue weighted by Gasteiger charge is -2.17. The molecule has 14 heavy (non-hydrogen) atoms. The maximum absolute atomic E-state index is 11.3. The van der Waals surface area contributed by atoms with E-state index in [1.807, 2.05) is 0 Å². The Morgan fingerprint density at radius 2 is 2.43 bits per heavy atom. The normalized spacial score (nSPS) is 11.4. The molecule has 1 aromatic rings. The van der Waals surface area contributed by atoms with Gasteiger partial charge in [0.1, 0.15) is 0 Å². The van der Waals surface area contributed by atoms with E-state index in [9.17, 15) is 4.79 Å². The van der Waals surface area contributed by atoms with Crippen LogP contribution in [0.2, 0.25) is 0 Å². The van der Waals surface area contributed by atoms with Crippen molar-refractivity contribution in [3.05, 3.63) is 12.2 Å². The summed E-state index contributed by atoms with van der Waals surface area (Å²) in [5.41, 5.74) is 4.73. The Labute approximate surface area is 81.9 Å². The van der Waals surface area contributed by atoms with E-state index in [4.69, 9.17) is 5.73 Å². The van der Waals surface area contributed by atoms with E-state index in [1.165, 1.54) is 6.39 Å².